The second-order valence-electron chi connectivity index (χ2n) is 5.20. The lowest BCUT2D eigenvalue weighted by atomic mass is 9.77. The molecule has 0 aromatic heterocycles. The van der Waals surface area contributed by atoms with Gasteiger partial charge in [0.1, 0.15) is 12.0 Å². The van der Waals surface area contributed by atoms with Gasteiger partial charge in [0.25, 0.3) is 0 Å². The number of hydrogen-bond acceptors (Lipinski definition) is 2. The lowest BCUT2D eigenvalue weighted by molar-refractivity contribution is 0.112. The molecular formula is C15H22O2. The number of benzene rings is 1. The van der Waals surface area contributed by atoms with E-state index in [0.717, 1.165) is 24.7 Å². The van der Waals surface area contributed by atoms with Crippen molar-refractivity contribution < 1.29 is 9.90 Å². The van der Waals surface area contributed by atoms with E-state index in [2.05, 4.69) is 20.8 Å². The zero-order valence-corrected chi connectivity index (χ0v) is 11.0. The van der Waals surface area contributed by atoms with Crippen molar-refractivity contribution in [2.45, 2.75) is 51.9 Å². The van der Waals surface area contributed by atoms with Crippen molar-refractivity contribution in [3.8, 4) is 5.75 Å². The Balaban J connectivity index is 3.00. The highest BCUT2D eigenvalue weighted by Gasteiger charge is 2.26. The molecule has 0 fully saturated rings. The first-order valence-corrected chi connectivity index (χ1v) is 6.30. The number of phenols is 1. The number of hydrogen-bond donors (Lipinski definition) is 1. The lowest BCUT2D eigenvalue weighted by Crippen LogP contribution is -2.19. The summed E-state index contributed by atoms with van der Waals surface area (Å²) in [4.78, 5) is 11.0. The van der Waals surface area contributed by atoms with Crippen LogP contribution in [0.1, 0.15) is 62.4 Å². The van der Waals surface area contributed by atoms with Crippen LogP contribution < -0.4 is 0 Å². The SMILES string of the molecule is CCCCCC(C)(C)c1c(O)cccc1C=O. The zero-order chi connectivity index (χ0) is 12.9. The first-order valence-electron chi connectivity index (χ1n) is 6.30. The molecule has 1 N–H and O–H groups in total. The minimum atomic E-state index is -0.156. The van der Waals surface area contributed by atoms with Crippen LogP contribution >= 0.6 is 0 Å². The molecule has 1 aromatic rings. The van der Waals surface area contributed by atoms with E-state index in [0.29, 0.717) is 5.56 Å². The van der Waals surface area contributed by atoms with E-state index in [4.69, 9.17) is 0 Å². The van der Waals surface area contributed by atoms with E-state index in [1.165, 1.54) is 12.8 Å². The maximum Gasteiger partial charge on any atom is 0.150 e. The van der Waals surface area contributed by atoms with Crippen LogP contribution in [0.4, 0.5) is 0 Å². The smallest absolute Gasteiger partial charge is 0.150 e. The number of carbonyl (C=O) groups excluding carboxylic acids is 1. The molecule has 0 atom stereocenters. The first-order chi connectivity index (χ1) is 8.03. The Hall–Kier alpha value is -1.31. The molecule has 2 nitrogen and oxygen atoms in total. The van der Waals surface area contributed by atoms with E-state index in [9.17, 15) is 9.90 Å². The van der Waals surface area contributed by atoms with Crippen LogP contribution in [0.2, 0.25) is 0 Å². The summed E-state index contributed by atoms with van der Waals surface area (Å²) >= 11 is 0. The first kappa shape index (κ1) is 13.8. The van der Waals surface area contributed by atoms with Gasteiger partial charge in [-0.3, -0.25) is 4.79 Å². The fourth-order valence-corrected chi connectivity index (χ4v) is 2.34. The fraction of sp³-hybridized carbons (Fsp3) is 0.533. The topological polar surface area (TPSA) is 37.3 Å². The van der Waals surface area contributed by atoms with Crippen molar-refractivity contribution in [2.24, 2.45) is 0 Å². The van der Waals surface area contributed by atoms with Gasteiger partial charge < -0.3 is 5.11 Å². The van der Waals surface area contributed by atoms with E-state index >= 15 is 0 Å². The molecule has 94 valence electrons. The van der Waals surface area contributed by atoms with E-state index in [1.54, 1.807) is 18.2 Å². The van der Waals surface area contributed by atoms with Crippen LogP contribution in [0.15, 0.2) is 18.2 Å². The summed E-state index contributed by atoms with van der Waals surface area (Å²) in [7, 11) is 0. The number of aldehydes is 1. The molecule has 0 radical (unpaired) electrons. The minimum Gasteiger partial charge on any atom is -0.508 e. The van der Waals surface area contributed by atoms with Gasteiger partial charge in [-0.25, -0.2) is 0 Å². The highest BCUT2D eigenvalue weighted by Crippen LogP contribution is 2.37. The molecule has 0 bridgehead atoms. The summed E-state index contributed by atoms with van der Waals surface area (Å²) in [5.74, 6) is 0.232. The van der Waals surface area contributed by atoms with Crippen molar-refractivity contribution in [1.29, 1.82) is 0 Å². The number of phenolic OH excluding ortho intramolecular Hbond substituents is 1. The monoisotopic (exact) mass is 234 g/mol. The van der Waals surface area contributed by atoms with Crippen molar-refractivity contribution in [3.05, 3.63) is 29.3 Å². The van der Waals surface area contributed by atoms with Crippen molar-refractivity contribution in [2.75, 3.05) is 0 Å². The summed E-state index contributed by atoms with van der Waals surface area (Å²) in [6.45, 7) is 6.35. The van der Waals surface area contributed by atoms with Crippen molar-refractivity contribution in [3.63, 3.8) is 0 Å². The van der Waals surface area contributed by atoms with Crippen LogP contribution in [-0.4, -0.2) is 11.4 Å². The van der Waals surface area contributed by atoms with Crippen LogP contribution in [-0.2, 0) is 5.41 Å². The van der Waals surface area contributed by atoms with Crippen LogP contribution in [0, 0.1) is 0 Å². The molecule has 0 spiro atoms. The maximum atomic E-state index is 11.0. The van der Waals surface area contributed by atoms with Gasteiger partial charge in [0.2, 0.25) is 0 Å². The summed E-state index contributed by atoms with van der Waals surface area (Å²) < 4.78 is 0. The summed E-state index contributed by atoms with van der Waals surface area (Å²) in [6.07, 6.45) is 5.30. The molecule has 0 heterocycles. The third-order valence-corrected chi connectivity index (χ3v) is 3.28. The Bertz CT molecular complexity index is 381. The quantitative estimate of drug-likeness (QED) is 0.595. The zero-order valence-electron chi connectivity index (χ0n) is 11.0. The lowest BCUT2D eigenvalue weighted by Gasteiger charge is -2.27. The standard InChI is InChI=1S/C15H22O2/c1-4-5-6-10-15(2,3)14-12(11-16)8-7-9-13(14)17/h7-9,11,17H,4-6,10H2,1-3H3. The highest BCUT2D eigenvalue weighted by molar-refractivity contribution is 5.79. The van der Waals surface area contributed by atoms with Gasteiger partial charge in [-0.1, -0.05) is 52.2 Å². The number of unbranched alkanes of at least 4 members (excludes halogenated alkanes) is 2. The van der Waals surface area contributed by atoms with Crippen LogP contribution in [0.3, 0.4) is 0 Å². The van der Waals surface area contributed by atoms with Gasteiger partial charge in [-0.05, 0) is 17.9 Å². The molecule has 0 aliphatic heterocycles. The third kappa shape index (κ3) is 3.32. The number of carbonyl (C=O) groups is 1. The molecule has 0 saturated heterocycles. The Labute approximate surface area is 104 Å². The van der Waals surface area contributed by atoms with Gasteiger partial charge >= 0.3 is 0 Å². The fourth-order valence-electron chi connectivity index (χ4n) is 2.34. The van der Waals surface area contributed by atoms with Gasteiger partial charge in [0.15, 0.2) is 0 Å². The predicted molar refractivity (Wildman–Crippen MR) is 70.7 cm³/mol. The summed E-state index contributed by atoms with van der Waals surface area (Å²) in [5, 5.41) is 9.96. The molecular weight excluding hydrogens is 212 g/mol. The number of rotatable bonds is 6. The summed E-state index contributed by atoms with van der Waals surface area (Å²) in [5.41, 5.74) is 1.23. The average molecular weight is 234 g/mol. The minimum absolute atomic E-state index is 0.156. The van der Waals surface area contributed by atoms with Crippen LogP contribution in [0.5, 0.6) is 5.75 Å². The Morgan fingerprint density at radius 3 is 2.59 bits per heavy atom. The second kappa shape index (κ2) is 5.85. The largest absolute Gasteiger partial charge is 0.508 e. The Morgan fingerprint density at radius 2 is 2.00 bits per heavy atom. The second-order valence-corrected chi connectivity index (χ2v) is 5.20. The molecule has 17 heavy (non-hydrogen) atoms. The van der Waals surface area contributed by atoms with Crippen molar-refractivity contribution in [1.82, 2.24) is 0 Å². The van der Waals surface area contributed by atoms with E-state index in [1.807, 2.05) is 0 Å². The molecule has 0 aliphatic carbocycles. The highest BCUT2D eigenvalue weighted by atomic mass is 16.3. The Morgan fingerprint density at radius 1 is 1.29 bits per heavy atom. The van der Waals surface area contributed by atoms with Gasteiger partial charge in [0.05, 0.1) is 0 Å². The van der Waals surface area contributed by atoms with E-state index < -0.39 is 0 Å². The molecule has 0 aliphatic rings. The molecule has 0 saturated carbocycles. The third-order valence-electron chi connectivity index (χ3n) is 3.28. The van der Waals surface area contributed by atoms with Crippen molar-refractivity contribution >= 4 is 6.29 Å². The normalized spacial score (nSPS) is 11.5. The predicted octanol–water partition coefficient (Wildman–Crippen LogP) is 4.06. The molecule has 2 heteroatoms. The molecule has 1 rings (SSSR count). The number of aromatic hydroxyl groups is 1. The van der Waals surface area contributed by atoms with E-state index in [-0.39, 0.29) is 11.2 Å². The van der Waals surface area contributed by atoms with Gasteiger partial charge in [-0.15, -0.1) is 0 Å². The van der Waals surface area contributed by atoms with Gasteiger partial charge in [-0.2, -0.15) is 0 Å². The molecule has 0 unspecified atom stereocenters. The average Bonchev–Trinajstić information content (AvgIpc) is 2.28. The Kier molecular flexibility index (Phi) is 4.73. The van der Waals surface area contributed by atoms with Gasteiger partial charge in [0, 0.05) is 11.1 Å². The maximum absolute atomic E-state index is 11.0. The molecule has 0 amide bonds. The molecule has 1 aromatic carbocycles. The van der Waals surface area contributed by atoms with Crippen LogP contribution in [0.25, 0.3) is 0 Å². The summed E-state index contributed by atoms with van der Waals surface area (Å²) in [6, 6.07) is 5.14.